The van der Waals surface area contributed by atoms with E-state index in [0.717, 1.165) is 0 Å². The highest BCUT2D eigenvalue weighted by Crippen LogP contribution is 2.11. The number of hydrogen-bond acceptors (Lipinski definition) is 4. The van der Waals surface area contributed by atoms with E-state index in [0.29, 0.717) is 12.2 Å². The van der Waals surface area contributed by atoms with Crippen LogP contribution in [0.1, 0.15) is 12.5 Å². The SMILES string of the molecule is COCC(C)CNS(=O)(=O)c1ccc(CC(=O)O)cc1. The van der Waals surface area contributed by atoms with Crippen LogP contribution in [0.25, 0.3) is 0 Å². The molecule has 1 rings (SSSR count). The molecule has 0 aliphatic rings. The Hall–Kier alpha value is -1.44. The van der Waals surface area contributed by atoms with Crippen LogP contribution in [-0.4, -0.2) is 39.8 Å². The van der Waals surface area contributed by atoms with Crippen molar-refractivity contribution in [2.75, 3.05) is 20.3 Å². The molecule has 0 amide bonds. The summed E-state index contributed by atoms with van der Waals surface area (Å²) in [6.07, 6.45) is -0.126. The summed E-state index contributed by atoms with van der Waals surface area (Å²) in [5, 5.41) is 8.65. The number of ether oxygens (including phenoxy) is 1. The number of hydrogen-bond donors (Lipinski definition) is 2. The highest BCUT2D eigenvalue weighted by molar-refractivity contribution is 7.89. The van der Waals surface area contributed by atoms with Crippen LogP contribution in [0.3, 0.4) is 0 Å². The standard InChI is InChI=1S/C13H19NO5S/c1-10(9-19-2)8-14-20(17,18)12-5-3-11(4-6-12)7-13(15)16/h3-6,10,14H,7-9H2,1-2H3,(H,15,16). The molecule has 1 unspecified atom stereocenters. The van der Waals surface area contributed by atoms with Crippen molar-refractivity contribution in [3.63, 3.8) is 0 Å². The molecule has 0 saturated heterocycles. The quantitative estimate of drug-likeness (QED) is 0.743. The first-order valence-corrected chi connectivity index (χ1v) is 7.63. The molecule has 7 heteroatoms. The summed E-state index contributed by atoms with van der Waals surface area (Å²) in [5.74, 6) is -0.881. The van der Waals surface area contributed by atoms with E-state index in [1.54, 1.807) is 7.11 Å². The average molecular weight is 301 g/mol. The average Bonchev–Trinajstić information content (AvgIpc) is 2.37. The van der Waals surface area contributed by atoms with Gasteiger partial charge in [0.25, 0.3) is 0 Å². The minimum atomic E-state index is -3.57. The number of rotatable bonds is 8. The van der Waals surface area contributed by atoms with Gasteiger partial charge >= 0.3 is 5.97 Å². The van der Waals surface area contributed by atoms with Crippen molar-refractivity contribution < 1.29 is 23.1 Å². The van der Waals surface area contributed by atoms with Gasteiger partial charge < -0.3 is 9.84 Å². The van der Waals surface area contributed by atoms with Gasteiger partial charge in [-0.2, -0.15) is 0 Å². The minimum absolute atomic E-state index is 0.0704. The molecular weight excluding hydrogens is 282 g/mol. The largest absolute Gasteiger partial charge is 0.481 e. The maximum Gasteiger partial charge on any atom is 0.307 e. The molecule has 6 nitrogen and oxygen atoms in total. The first-order chi connectivity index (χ1) is 9.35. The fourth-order valence-electron chi connectivity index (χ4n) is 1.64. The maximum atomic E-state index is 12.0. The molecule has 2 N–H and O–H groups in total. The molecule has 1 aromatic carbocycles. The Morgan fingerprint density at radius 2 is 1.95 bits per heavy atom. The van der Waals surface area contributed by atoms with Crippen LogP contribution in [-0.2, 0) is 26.0 Å². The highest BCUT2D eigenvalue weighted by Gasteiger charge is 2.15. The normalized spacial score (nSPS) is 13.1. The van der Waals surface area contributed by atoms with Gasteiger partial charge in [0.1, 0.15) is 0 Å². The van der Waals surface area contributed by atoms with Crippen LogP contribution < -0.4 is 4.72 Å². The van der Waals surface area contributed by atoms with E-state index in [9.17, 15) is 13.2 Å². The van der Waals surface area contributed by atoms with Crippen LogP contribution in [0, 0.1) is 5.92 Å². The van der Waals surface area contributed by atoms with Crippen molar-refractivity contribution in [1.82, 2.24) is 4.72 Å². The second-order valence-corrected chi connectivity index (χ2v) is 6.39. The summed E-state index contributed by atoms with van der Waals surface area (Å²) in [4.78, 5) is 10.7. The smallest absolute Gasteiger partial charge is 0.307 e. The lowest BCUT2D eigenvalue weighted by Crippen LogP contribution is -2.30. The Bertz CT molecular complexity index is 538. The molecule has 0 aromatic heterocycles. The monoisotopic (exact) mass is 301 g/mol. The molecule has 112 valence electrons. The Morgan fingerprint density at radius 1 is 1.35 bits per heavy atom. The van der Waals surface area contributed by atoms with E-state index in [-0.39, 0.29) is 23.8 Å². The number of benzene rings is 1. The number of carboxylic acid groups (broad SMARTS) is 1. The number of nitrogens with one attached hydrogen (secondary N) is 1. The van der Waals surface area contributed by atoms with Gasteiger partial charge in [-0.25, -0.2) is 13.1 Å². The topological polar surface area (TPSA) is 92.7 Å². The summed E-state index contributed by atoms with van der Waals surface area (Å²) in [5.41, 5.74) is 0.559. The van der Waals surface area contributed by atoms with E-state index >= 15 is 0 Å². The molecule has 0 spiro atoms. The maximum absolute atomic E-state index is 12.0. The van der Waals surface area contributed by atoms with E-state index in [1.165, 1.54) is 24.3 Å². The third kappa shape index (κ3) is 5.28. The van der Waals surface area contributed by atoms with Crippen LogP contribution >= 0.6 is 0 Å². The summed E-state index contributed by atoms with van der Waals surface area (Å²) in [6, 6.07) is 5.81. The second kappa shape index (κ2) is 7.37. The zero-order valence-electron chi connectivity index (χ0n) is 11.5. The Morgan fingerprint density at radius 3 is 2.45 bits per heavy atom. The van der Waals surface area contributed by atoms with Gasteiger partial charge in [-0.3, -0.25) is 4.79 Å². The van der Waals surface area contributed by atoms with Crippen molar-refractivity contribution in [1.29, 1.82) is 0 Å². The van der Waals surface area contributed by atoms with E-state index in [4.69, 9.17) is 9.84 Å². The van der Waals surface area contributed by atoms with Gasteiger partial charge in [-0.05, 0) is 23.6 Å². The number of sulfonamides is 1. The predicted molar refractivity (Wildman–Crippen MR) is 74.0 cm³/mol. The molecule has 0 fully saturated rings. The van der Waals surface area contributed by atoms with Gasteiger partial charge in [-0.1, -0.05) is 19.1 Å². The third-order valence-electron chi connectivity index (χ3n) is 2.66. The molecule has 0 saturated carbocycles. The number of carbonyl (C=O) groups is 1. The second-order valence-electron chi connectivity index (χ2n) is 4.63. The van der Waals surface area contributed by atoms with Crippen LogP contribution in [0.15, 0.2) is 29.2 Å². The van der Waals surface area contributed by atoms with Gasteiger partial charge in [-0.15, -0.1) is 0 Å². The summed E-state index contributed by atoms with van der Waals surface area (Å²) >= 11 is 0. The van der Waals surface area contributed by atoms with E-state index in [2.05, 4.69) is 4.72 Å². The van der Waals surface area contributed by atoms with Crippen LogP contribution in [0.4, 0.5) is 0 Å². The van der Waals surface area contributed by atoms with Gasteiger partial charge in [0.15, 0.2) is 0 Å². The van der Waals surface area contributed by atoms with Gasteiger partial charge in [0.2, 0.25) is 10.0 Å². The summed E-state index contributed by atoms with van der Waals surface area (Å²) in [6.45, 7) is 2.63. The fraction of sp³-hybridized carbons (Fsp3) is 0.462. The van der Waals surface area contributed by atoms with Crippen molar-refractivity contribution >= 4 is 16.0 Å². The third-order valence-corrected chi connectivity index (χ3v) is 4.10. The fourth-order valence-corrected chi connectivity index (χ4v) is 2.80. The van der Waals surface area contributed by atoms with Crippen molar-refractivity contribution in [2.24, 2.45) is 5.92 Å². The molecule has 0 radical (unpaired) electrons. The van der Waals surface area contributed by atoms with E-state index in [1.807, 2.05) is 6.92 Å². The molecular formula is C13H19NO5S. The van der Waals surface area contributed by atoms with Gasteiger partial charge in [0, 0.05) is 20.3 Å². The first kappa shape index (κ1) is 16.6. The summed E-state index contributed by atoms with van der Waals surface area (Å²) in [7, 11) is -2.01. The summed E-state index contributed by atoms with van der Waals surface area (Å²) < 4.78 is 31.4. The molecule has 0 bridgehead atoms. The molecule has 1 aromatic rings. The highest BCUT2D eigenvalue weighted by atomic mass is 32.2. The zero-order valence-corrected chi connectivity index (χ0v) is 12.3. The van der Waals surface area contributed by atoms with Gasteiger partial charge in [0.05, 0.1) is 11.3 Å². The van der Waals surface area contributed by atoms with Crippen molar-refractivity contribution in [3.05, 3.63) is 29.8 Å². The van der Waals surface area contributed by atoms with Crippen molar-refractivity contribution in [2.45, 2.75) is 18.2 Å². The van der Waals surface area contributed by atoms with Crippen molar-refractivity contribution in [3.8, 4) is 0 Å². The molecule has 1 atom stereocenters. The minimum Gasteiger partial charge on any atom is -0.481 e. The van der Waals surface area contributed by atoms with E-state index < -0.39 is 16.0 Å². The first-order valence-electron chi connectivity index (χ1n) is 6.14. The Labute approximate surface area is 118 Å². The molecule has 0 heterocycles. The number of carboxylic acids is 1. The Kier molecular flexibility index (Phi) is 6.12. The molecule has 0 aliphatic carbocycles. The number of aliphatic carboxylic acids is 1. The predicted octanol–water partition coefficient (Wildman–Crippen LogP) is 0.874. The molecule has 0 aliphatic heterocycles. The lowest BCUT2D eigenvalue weighted by Gasteiger charge is -2.12. The lowest BCUT2D eigenvalue weighted by molar-refractivity contribution is -0.136. The van der Waals surface area contributed by atoms with Crippen LogP contribution in [0.2, 0.25) is 0 Å². The lowest BCUT2D eigenvalue weighted by atomic mass is 10.2. The number of methoxy groups -OCH3 is 1. The Balaban J connectivity index is 2.70. The molecule has 20 heavy (non-hydrogen) atoms. The van der Waals surface area contributed by atoms with Crippen LogP contribution in [0.5, 0.6) is 0 Å². The zero-order chi connectivity index (χ0) is 15.2.